The van der Waals surface area contributed by atoms with E-state index in [0.717, 1.165) is 12.8 Å². The first-order valence-electron chi connectivity index (χ1n) is 12.3. The molecule has 190 valence electrons. The number of esters is 2. The second kappa shape index (κ2) is 10.0. The van der Waals surface area contributed by atoms with E-state index in [9.17, 15) is 24.0 Å². The third-order valence-corrected chi connectivity index (χ3v) is 6.99. The molecule has 2 aliphatic carbocycles. The number of fused-ring (bicyclic) bond motifs is 5. The van der Waals surface area contributed by atoms with Crippen LogP contribution in [0.5, 0.6) is 0 Å². The highest BCUT2D eigenvalue weighted by Crippen LogP contribution is 2.53. The first-order chi connectivity index (χ1) is 17.9. The van der Waals surface area contributed by atoms with Crippen LogP contribution in [0.3, 0.4) is 0 Å². The van der Waals surface area contributed by atoms with E-state index in [0.29, 0.717) is 23.5 Å². The number of nitrogens with one attached hydrogen (secondary N) is 1. The highest BCUT2D eigenvalue weighted by molar-refractivity contribution is 6.23. The zero-order valence-corrected chi connectivity index (χ0v) is 20.2. The molecule has 1 saturated carbocycles. The van der Waals surface area contributed by atoms with E-state index in [1.807, 2.05) is 19.1 Å². The number of amides is 3. The Morgan fingerprint density at radius 3 is 2.19 bits per heavy atom. The van der Waals surface area contributed by atoms with Gasteiger partial charge in [0.1, 0.15) is 0 Å². The van der Waals surface area contributed by atoms with Gasteiger partial charge in [-0.05, 0) is 67.1 Å². The van der Waals surface area contributed by atoms with E-state index in [4.69, 9.17) is 9.47 Å². The molecule has 9 nitrogen and oxygen atoms in total. The number of carbonyl (C=O) groups excluding carboxylic acids is 5. The van der Waals surface area contributed by atoms with Gasteiger partial charge in [0.25, 0.3) is 5.91 Å². The van der Waals surface area contributed by atoms with Gasteiger partial charge in [0.15, 0.2) is 6.61 Å². The van der Waals surface area contributed by atoms with E-state index >= 15 is 0 Å². The van der Waals surface area contributed by atoms with Crippen LogP contribution in [-0.4, -0.2) is 42.9 Å². The van der Waals surface area contributed by atoms with Crippen molar-refractivity contribution in [1.29, 1.82) is 0 Å². The molecule has 5 rings (SSSR count). The molecule has 3 amide bonds. The lowest BCUT2D eigenvalue weighted by Crippen LogP contribution is -2.33. The van der Waals surface area contributed by atoms with Gasteiger partial charge in [-0.1, -0.05) is 25.1 Å². The second-order valence-corrected chi connectivity index (χ2v) is 9.40. The first-order valence-corrected chi connectivity index (χ1v) is 12.3. The highest BCUT2D eigenvalue weighted by Gasteiger charge is 2.59. The number of rotatable bonds is 8. The van der Waals surface area contributed by atoms with Crippen molar-refractivity contribution in [3.8, 4) is 0 Å². The third kappa shape index (κ3) is 4.64. The Hall–Kier alpha value is -4.27. The maximum absolute atomic E-state index is 13.0. The predicted octanol–water partition coefficient (Wildman–Crippen LogP) is 3.36. The Morgan fingerprint density at radius 1 is 0.892 bits per heavy atom. The maximum atomic E-state index is 13.0. The molecule has 2 fully saturated rings. The van der Waals surface area contributed by atoms with Gasteiger partial charge in [-0.2, -0.15) is 0 Å². The zero-order valence-electron chi connectivity index (χ0n) is 20.2. The Kier molecular flexibility index (Phi) is 6.60. The number of benzene rings is 2. The number of imide groups is 1. The normalized spacial score (nSPS) is 23.2. The van der Waals surface area contributed by atoms with Crippen molar-refractivity contribution in [2.75, 3.05) is 23.4 Å². The monoisotopic (exact) mass is 502 g/mol. The van der Waals surface area contributed by atoms with Crippen molar-refractivity contribution in [3.63, 3.8) is 0 Å². The minimum Gasteiger partial charge on any atom is -0.462 e. The van der Waals surface area contributed by atoms with Gasteiger partial charge in [0.2, 0.25) is 11.8 Å². The van der Waals surface area contributed by atoms with Crippen LogP contribution < -0.4 is 10.2 Å². The quantitative estimate of drug-likeness (QED) is 0.334. The lowest BCUT2D eigenvalue weighted by Gasteiger charge is -2.18. The molecule has 2 aromatic carbocycles. The molecule has 1 aliphatic heterocycles. The third-order valence-electron chi connectivity index (χ3n) is 6.99. The Morgan fingerprint density at radius 2 is 1.54 bits per heavy atom. The van der Waals surface area contributed by atoms with Gasteiger partial charge in [0.05, 0.1) is 35.3 Å². The summed E-state index contributed by atoms with van der Waals surface area (Å²) in [6, 6.07) is 12.3. The number of carbonyl (C=O) groups is 5. The van der Waals surface area contributed by atoms with E-state index in [1.165, 1.54) is 29.2 Å². The molecule has 9 heteroatoms. The van der Waals surface area contributed by atoms with Crippen molar-refractivity contribution in [2.24, 2.45) is 23.7 Å². The minimum atomic E-state index is -0.757. The fourth-order valence-electron chi connectivity index (χ4n) is 5.31. The summed E-state index contributed by atoms with van der Waals surface area (Å²) in [5, 5.41) is 2.59. The molecule has 1 heterocycles. The lowest BCUT2D eigenvalue weighted by molar-refractivity contribution is -0.123. The summed E-state index contributed by atoms with van der Waals surface area (Å²) in [5.74, 6) is -2.72. The van der Waals surface area contributed by atoms with E-state index in [2.05, 4.69) is 5.32 Å². The summed E-state index contributed by atoms with van der Waals surface area (Å²) in [6.45, 7) is 1.69. The number of hydrogen-bond donors (Lipinski definition) is 1. The average molecular weight is 503 g/mol. The molecule has 3 aliphatic rings. The van der Waals surface area contributed by atoms with Crippen LogP contribution in [0, 0.1) is 23.7 Å². The fraction of sp³-hybridized carbons (Fsp3) is 0.321. The van der Waals surface area contributed by atoms with Gasteiger partial charge >= 0.3 is 11.9 Å². The largest absolute Gasteiger partial charge is 0.462 e. The molecule has 0 spiro atoms. The number of ether oxygens (including phenoxy) is 2. The first kappa shape index (κ1) is 24.4. The van der Waals surface area contributed by atoms with Crippen molar-refractivity contribution in [1.82, 2.24) is 0 Å². The van der Waals surface area contributed by atoms with Gasteiger partial charge in [-0.3, -0.25) is 14.4 Å². The van der Waals surface area contributed by atoms with Crippen LogP contribution in [0.1, 0.15) is 40.5 Å². The Bertz CT molecular complexity index is 1270. The Balaban J connectivity index is 1.17. The molecular formula is C28H26N2O7. The summed E-state index contributed by atoms with van der Waals surface area (Å²) in [5.41, 5.74) is 1.23. The summed E-state index contributed by atoms with van der Waals surface area (Å²) in [6.07, 6.45) is 5.60. The molecule has 1 saturated heterocycles. The summed E-state index contributed by atoms with van der Waals surface area (Å²) in [7, 11) is 0. The summed E-state index contributed by atoms with van der Waals surface area (Å²) >= 11 is 0. The molecule has 0 unspecified atom stereocenters. The zero-order chi connectivity index (χ0) is 26.1. The number of allylic oxidation sites excluding steroid dienone is 2. The van der Waals surface area contributed by atoms with Crippen LogP contribution in [0.2, 0.25) is 0 Å². The van der Waals surface area contributed by atoms with Gasteiger partial charge in [-0.15, -0.1) is 0 Å². The molecular weight excluding hydrogens is 476 g/mol. The van der Waals surface area contributed by atoms with Crippen LogP contribution in [0.25, 0.3) is 0 Å². The van der Waals surface area contributed by atoms with Crippen molar-refractivity contribution >= 4 is 41.0 Å². The standard InChI is InChI=1S/C28H26N2O7/c1-2-12-36-27(34)16-8-10-20(11-9-16)29-22(31)15-37-28(35)19-4-3-5-21(14-19)30-25(32)23-17-6-7-18(13-17)24(23)26(30)33/h3-11,14,17-18,23-24H,2,12-13,15H2,1H3,(H,29,31)/t17-,18-,23-,24-/m0/s1. The van der Waals surface area contributed by atoms with Gasteiger partial charge in [-0.25, -0.2) is 14.5 Å². The van der Waals surface area contributed by atoms with Crippen LogP contribution in [0.15, 0.2) is 60.7 Å². The SMILES string of the molecule is CCCOC(=O)c1ccc(NC(=O)COC(=O)c2cccc(N3C(=O)[C@@H]4[C@@H](C3=O)[C@H]3C=C[C@H]4C3)c2)cc1. The molecule has 0 radical (unpaired) electrons. The molecule has 2 aromatic rings. The molecule has 2 bridgehead atoms. The van der Waals surface area contributed by atoms with E-state index in [-0.39, 0.29) is 41.0 Å². The van der Waals surface area contributed by atoms with Crippen LogP contribution in [0.4, 0.5) is 11.4 Å². The van der Waals surface area contributed by atoms with Gasteiger partial charge in [0, 0.05) is 5.69 Å². The molecule has 1 N–H and O–H groups in total. The fourth-order valence-corrected chi connectivity index (χ4v) is 5.31. The molecule has 37 heavy (non-hydrogen) atoms. The van der Waals surface area contributed by atoms with Crippen molar-refractivity contribution in [2.45, 2.75) is 19.8 Å². The predicted molar refractivity (Wildman–Crippen MR) is 133 cm³/mol. The lowest BCUT2D eigenvalue weighted by atomic mass is 9.85. The Labute approximate surface area is 213 Å². The number of anilines is 2. The topological polar surface area (TPSA) is 119 Å². The average Bonchev–Trinajstić information content (AvgIpc) is 3.59. The molecule has 4 atom stereocenters. The van der Waals surface area contributed by atoms with Gasteiger partial charge < -0.3 is 14.8 Å². The summed E-state index contributed by atoms with van der Waals surface area (Å²) < 4.78 is 10.2. The van der Waals surface area contributed by atoms with Crippen molar-refractivity contribution in [3.05, 3.63) is 71.8 Å². The molecule has 0 aromatic heterocycles. The van der Waals surface area contributed by atoms with E-state index < -0.39 is 24.5 Å². The smallest absolute Gasteiger partial charge is 0.338 e. The van der Waals surface area contributed by atoms with Crippen LogP contribution in [-0.2, 0) is 23.9 Å². The van der Waals surface area contributed by atoms with E-state index in [1.54, 1.807) is 24.3 Å². The summed E-state index contributed by atoms with van der Waals surface area (Å²) in [4.78, 5) is 64.0. The number of hydrogen-bond acceptors (Lipinski definition) is 7. The van der Waals surface area contributed by atoms with Crippen LogP contribution >= 0.6 is 0 Å². The highest BCUT2D eigenvalue weighted by atomic mass is 16.5. The maximum Gasteiger partial charge on any atom is 0.338 e. The number of nitrogens with zero attached hydrogens (tertiary/aromatic N) is 1. The minimum absolute atomic E-state index is 0.0918. The second-order valence-electron chi connectivity index (χ2n) is 9.40. The van der Waals surface area contributed by atoms with Crippen molar-refractivity contribution < 1.29 is 33.4 Å².